The maximum absolute atomic E-state index is 12.6. The van der Waals surface area contributed by atoms with Gasteiger partial charge in [-0.1, -0.05) is 12.1 Å². The van der Waals surface area contributed by atoms with Crippen LogP contribution in [0.15, 0.2) is 30.5 Å². The number of likely N-dealkylation sites (tertiary alicyclic amines) is 1. The van der Waals surface area contributed by atoms with Gasteiger partial charge in [0.1, 0.15) is 0 Å². The van der Waals surface area contributed by atoms with E-state index in [1.807, 2.05) is 0 Å². The Morgan fingerprint density at radius 3 is 2.64 bits per heavy atom. The Morgan fingerprint density at radius 1 is 1.29 bits per heavy atom. The number of rotatable bonds is 4. The molecule has 150 valence electrons. The normalized spacial score (nSPS) is 17.4. The molecule has 0 saturated carbocycles. The second-order valence-corrected chi connectivity index (χ2v) is 7.91. The maximum atomic E-state index is 12.6. The summed E-state index contributed by atoms with van der Waals surface area (Å²) in [6.45, 7) is 2.58. The fourth-order valence-electron chi connectivity index (χ4n) is 3.14. The van der Waals surface area contributed by atoms with Gasteiger partial charge in [-0.3, -0.25) is 9.59 Å². The molecule has 2 amide bonds. The molecule has 0 bridgehead atoms. The lowest BCUT2D eigenvalue weighted by Crippen LogP contribution is -2.42. The van der Waals surface area contributed by atoms with Crippen LogP contribution in [-0.2, 0) is 22.2 Å². The van der Waals surface area contributed by atoms with Crippen molar-refractivity contribution in [3.8, 4) is 0 Å². The molecule has 1 aliphatic heterocycles. The predicted molar refractivity (Wildman–Crippen MR) is 100.0 cm³/mol. The van der Waals surface area contributed by atoms with Crippen molar-refractivity contribution in [3.63, 3.8) is 0 Å². The van der Waals surface area contributed by atoms with Crippen LogP contribution in [0.4, 0.5) is 18.3 Å². The van der Waals surface area contributed by atoms with Gasteiger partial charge < -0.3 is 10.2 Å². The second-order valence-electron chi connectivity index (χ2n) is 6.80. The van der Waals surface area contributed by atoms with Crippen molar-refractivity contribution in [2.24, 2.45) is 5.92 Å². The number of hydrogen-bond donors (Lipinski definition) is 1. The van der Waals surface area contributed by atoms with Crippen molar-refractivity contribution in [2.75, 3.05) is 18.4 Å². The Morgan fingerprint density at radius 2 is 2.00 bits per heavy atom. The zero-order valence-electron chi connectivity index (χ0n) is 15.3. The van der Waals surface area contributed by atoms with Gasteiger partial charge in [0.15, 0.2) is 5.13 Å². The van der Waals surface area contributed by atoms with Crippen LogP contribution in [0.5, 0.6) is 0 Å². The van der Waals surface area contributed by atoms with Crippen LogP contribution in [0, 0.1) is 5.92 Å². The van der Waals surface area contributed by atoms with Crippen LogP contribution >= 0.6 is 11.3 Å². The molecule has 0 spiro atoms. The van der Waals surface area contributed by atoms with Crippen molar-refractivity contribution in [2.45, 2.75) is 32.4 Å². The number of benzene rings is 1. The van der Waals surface area contributed by atoms with Crippen LogP contribution < -0.4 is 5.32 Å². The van der Waals surface area contributed by atoms with E-state index in [2.05, 4.69) is 10.3 Å². The second kappa shape index (κ2) is 8.30. The molecule has 1 aromatic heterocycles. The van der Waals surface area contributed by atoms with E-state index in [-0.39, 0.29) is 17.7 Å². The first-order valence-electron chi connectivity index (χ1n) is 8.89. The molecule has 1 atom stereocenters. The summed E-state index contributed by atoms with van der Waals surface area (Å²) in [6, 6.07) is 5.00. The molecule has 5 nitrogen and oxygen atoms in total. The zero-order chi connectivity index (χ0) is 20.3. The fraction of sp³-hybridized carbons (Fsp3) is 0.421. The molecule has 1 aliphatic rings. The first kappa shape index (κ1) is 20.3. The molecule has 2 aromatic rings. The van der Waals surface area contributed by atoms with Gasteiger partial charge in [-0.25, -0.2) is 4.98 Å². The number of anilines is 1. The van der Waals surface area contributed by atoms with Crippen LogP contribution in [0.25, 0.3) is 0 Å². The number of nitrogens with one attached hydrogen (secondary N) is 1. The Kier molecular flexibility index (Phi) is 6.02. The third-order valence-electron chi connectivity index (χ3n) is 4.68. The molecule has 0 radical (unpaired) electrons. The Balaban J connectivity index is 1.58. The van der Waals surface area contributed by atoms with Crippen LogP contribution in [0.1, 0.15) is 35.8 Å². The average Bonchev–Trinajstić information content (AvgIpc) is 3.08. The fourth-order valence-corrected chi connectivity index (χ4v) is 3.99. The lowest BCUT2D eigenvalue weighted by Gasteiger charge is -2.31. The summed E-state index contributed by atoms with van der Waals surface area (Å²) in [5.74, 6) is -0.466. The van der Waals surface area contributed by atoms with Crippen molar-refractivity contribution in [3.05, 3.63) is 46.5 Å². The molecular formula is C19H20F3N3O2S. The van der Waals surface area contributed by atoms with Crippen LogP contribution in [-0.4, -0.2) is 34.8 Å². The summed E-state index contributed by atoms with van der Waals surface area (Å²) in [5.41, 5.74) is 0.0551. The molecule has 1 unspecified atom stereocenters. The third kappa shape index (κ3) is 5.09. The largest absolute Gasteiger partial charge is 0.416 e. The van der Waals surface area contributed by atoms with Crippen LogP contribution in [0.2, 0.25) is 0 Å². The first-order chi connectivity index (χ1) is 13.2. The quantitative estimate of drug-likeness (QED) is 0.829. The minimum absolute atomic E-state index is 0.0365. The highest BCUT2D eigenvalue weighted by Gasteiger charge is 2.30. The maximum Gasteiger partial charge on any atom is 0.416 e. The topological polar surface area (TPSA) is 62.3 Å². The van der Waals surface area contributed by atoms with Gasteiger partial charge in [0.05, 0.1) is 11.5 Å². The van der Waals surface area contributed by atoms with Gasteiger partial charge in [0.25, 0.3) is 0 Å². The zero-order valence-corrected chi connectivity index (χ0v) is 16.1. The summed E-state index contributed by atoms with van der Waals surface area (Å²) in [7, 11) is 0. The number of carbonyl (C=O) groups excluding carboxylic acids is 2. The number of nitrogens with zero attached hydrogens (tertiary/aromatic N) is 2. The molecule has 1 fully saturated rings. The standard InChI is InChI=1S/C19H20F3N3O2S/c1-12(26)25-8-2-3-14(11-25)17(27)24-18-23-10-16(28-18)9-13-4-6-15(7-5-13)19(20,21)22/h4-7,10,14H,2-3,8-9,11H2,1H3,(H,23,24,27). The number of halogens is 3. The van der Waals surface area contributed by atoms with Gasteiger partial charge in [0, 0.05) is 37.5 Å². The van der Waals surface area contributed by atoms with E-state index >= 15 is 0 Å². The van der Waals surface area contributed by atoms with Crippen molar-refractivity contribution in [1.29, 1.82) is 0 Å². The molecule has 1 aromatic carbocycles. The minimum Gasteiger partial charge on any atom is -0.342 e. The lowest BCUT2D eigenvalue weighted by molar-refractivity contribution is -0.137. The van der Waals surface area contributed by atoms with E-state index in [4.69, 9.17) is 0 Å². The van der Waals surface area contributed by atoms with Crippen molar-refractivity contribution >= 4 is 28.3 Å². The number of aromatic nitrogens is 1. The van der Waals surface area contributed by atoms with E-state index in [1.165, 1.54) is 30.4 Å². The predicted octanol–water partition coefficient (Wildman–Crippen LogP) is 3.95. The number of thiazole rings is 1. The Hall–Kier alpha value is -2.42. The number of alkyl halides is 3. The van der Waals surface area contributed by atoms with Gasteiger partial charge in [0.2, 0.25) is 11.8 Å². The SMILES string of the molecule is CC(=O)N1CCCC(C(=O)Nc2ncc(Cc3ccc(C(F)(F)F)cc3)s2)C1. The molecule has 3 rings (SSSR count). The van der Waals surface area contributed by atoms with E-state index in [0.29, 0.717) is 24.6 Å². The van der Waals surface area contributed by atoms with Gasteiger partial charge in [-0.2, -0.15) is 13.2 Å². The van der Waals surface area contributed by atoms with Gasteiger partial charge in [-0.15, -0.1) is 11.3 Å². The number of carbonyl (C=O) groups is 2. The number of amides is 2. The molecule has 2 heterocycles. The van der Waals surface area contributed by atoms with E-state index in [0.717, 1.165) is 35.4 Å². The smallest absolute Gasteiger partial charge is 0.342 e. The summed E-state index contributed by atoms with van der Waals surface area (Å²) >= 11 is 1.29. The van der Waals surface area contributed by atoms with Crippen molar-refractivity contribution in [1.82, 2.24) is 9.88 Å². The molecular weight excluding hydrogens is 391 g/mol. The third-order valence-corrected chi connectivity index (χ3v) is 5.59. The van der Waals surface area contributed by atoms with E-state index in [1.54, 1.807) is 11.1 Å². The molecule has 1 saturated heterocycles. The molecule has 9 heteroatoms. The summed E-state index contributed by atoms with van der Waals surface area (Å²) in [6.07, 6.45) is -0.792. The highest BCUT2D eigenvalue weighted by atomic mass is 32.1. The van der Waals surface area contributed by atoms with Gasteiger partial charge in [-0.05, 0) is 30.5 Å². The highest BCUT2D eigenvalue weighted by molar-refractivity contribution is 7.15. The summed E-state index contributed by atoms with van der Waals surface area (Å²) < 4.78 is 37.9. The molecule has 1 N–H and O–H groups in total. The number of hydrogen-bond acceptors (Lipinski definition) is 4. The van der Waals surface area contributed by atoms with E-state index in [9.17, 15) is 22.8 Å². The Bertz CT molecular complexity index is 849. The Labute approximate surface area is 164 Å². The highest BCUT2D eigenvalue weighted by Crippen LogP contribution is 2.30. The monoisotopic (exact) mass is 411 g/mol. The molecule has 0 aliphatic carbocycles. The van der Waals surface area contributed by atoms with Crippen LogP contribution in [0.3, 0.4) is 0 Å². The van der Waals surface area contributed by atoms with Crippen molar-refractivity contribution < 1.29 is 22.8 Å². The van der Waals surface area contributed by atoms with Gasteiger partial charge >= 0.3 is 6.18 Å². The molecule has 28 heavy (non-hydrogen) atoms. The first-order valence-corrected chi connectivity index (χ1v) is 9.71. The summed E-state index contributed by atoms with van der Waals surface area (Å²) in [4.78, 5) is 30.6. The summed E-state index contributed by atoms with van der Waals surface area (Å²) in [5, 5.41) is 3.24. The van der Waals surface area contributed by atoms with E-state index < -0.39 is 11.7 Å². The number of piperidine rings is 1. The lowest BCUT2D eigenvalue weighted by atomic mass is 9.97. The average molecular weight is 411 g/mol. The minimum atomic E-state index is -4.35.